The van der Waals surface area contributed by atoms with Gasteiger partial charge in [0, 0.05) is 0 Å². The van der Waals surface area contributed by atoms with Gasteiger partial charge in [-0.05, 0) is 18.2 Å². The van der Waals surface area contributed by atoms with Gasteiger partial charge >= 0.3 is 12.1 Å². The number of benzene rings is 1. The number of anilines is 1. The van der Waals surface area contributed by atoms with Crippen molar-refractivity contribution in [1.29, 1.82) is 0 Å². The van der Waals surface area contributed by atoms with Gasteiger partial charge in [0.15, 0.2) is 0 Å². The van der Waals surface area contributed by atoms with Crippen molar-refractivity contribution < 1.29 is 30.8 Å². The molecule has 0 spiro atoms. The van der Waals surface area contributed by atoms with Gasteiger partial charge in [0.1, 0.15) is 10.7 Å². The minimum Gasteiger partial charge on any atom is -0.317 e. The van der Waals surface area contributed by atoms with Crippen molar-refractivity contribution in [3.63, 3.8) is 0 Å². The van der Waals surface area contributed by atoms with Gasteiger partial charge in [-0.3, -0.25) is 4.79 Å². The van der Waals surface area contributed by atoms with Crippen LogP contribution in [0.4, 0.5) is 23.2 Å². The molecule has 0 bridgehead atoms. The molecule has 100 valence electrons. The Morgan fingerprint density at radius 3 is 2.28 bits per heavy atom. The third-order valence-electron chi connectivity index (χ3n) is 1.75. The molecule has 0 atom stereocenters. The molecule has 0 aliphatic carbocycles. The predicted octanol–water partition coefficient (Wildman–Crippen LogP) is 0.974. The summed E-state index contributed by atoms with van der Waals surface area (Å²) in [4.78, 5) is 9.81. The number of rotatable bonds is 2. The van der Waals surface area contributed by atoms with Gasteiger partial charge in [0.25, 0.3) is 0 Å². The average Bonchev–Trinajstić information content (AvgIpc) is 2.13. The van der Waals surface area contributed by atoms with E-state index >= 15 is 0 Å². The van der Waals surface area contributed by atoms with E-state index in [0.717, 1.165) is 0 Å². The fraction of sp³-hybridized carbons (Fsp3) is 0.125. The Morgan fingerprint density at radius 1 is 1.28 bits per heavy atom. The van der Waals surface area contributed by atoms with E-state index < -0.39 is 38.5 Å². The van der Waals surface area contributed by atoms with Crippen LogP contribution in [0.3, 0.4) is 0 Å². The van der Waals surface area contributed by atoms with Crippen LogP contribution >= 0.6 is 0 Å². The molecule has 0 saturated heterocycles. The summed E-state index contributed by atoms with van der Waals surface area (Å²) in [6.07, 6.45) is -5.23. The van der Waals surface area contributed by atoms with Crippen LogP contribution in [0, 0.1) is 5.82 Å². The molecule has 10 heteroatoms. The van der Waals surface area contributed by atoms with Crippen molar-refractivity contribution in [2.75, 3.05) is 5.32 Å². The molecule has 0 fully saturated rings. The van der Waals surface area contributed by atoms with Crippen LogP contribution in [0.5, 0.6) is 0 Å². The van der Waals surface area contributed by atoms with Gasteiger partial charge in [0.2, 0.25) is 10.0 Å². The number of hydrogen-bond donors (Lipinski definition) is 2. The first-order chi connectivity index (χ1) is 8.01. The first kappa shape index (κ1) is 14.4. The van der Waals surface area contributed by atoms with Crippen molar-refractivity contribution in [3.05, 3.63) is 24.0 Å². The summed E-state index contributed by atoms with van der Waals surface area (Å²) in [5, 5.41) is 5.94. The Morgan fingerprint density at radius 2 is 1.83 bits per heavy atom. The van der Waals surface area contributed by atoms with E-state index in [4.69, 9.17) is 5.14 Å². The highest BCUT2D eigenvalue weighted by Gasteiger charge is 2.39. The Bertz CT molecular complexity index is 582. The summed E-state index contributed by atoms with van der Waals surface area (Å²) in [6, 6.07) is 1.75. The van der Waals surface area contributed by atoms with Crippen molar-refractivity contribution in [2.45, 2.75) is 11.1 Å². The number of amides is 1. The molecular weight excluding hydrogens is 280 g/mol. The van der Waals surface area contributed by atoms with E-state index in [0.29, 0.717) is 18.2 Å². The summed E-state index contributed by atoms with van der Waals surface area (Å²) >= 11 is 0. The lowest BCUT2D eigenvalue weighted by Crippen LogP contribution is -2.31. The van der Waals surface area contributed by atoms with E-state index in [1.165, 1.54) is 5.32 Å². The molecule has 0 unspecified atom stereocenters. The Labute approximate surface area is 98.6 Å². The van der Waals surface area contributed by atoms with Crippen LogP contribution < -0.4 is 10.5 Å². The zero-order valence-electron chi connectivity index (χ0n) is 8.45. The predicted molar refractivity (Wildman–Crippen MR) is 52.5 cm³/mol. The minimum absolute atomic E-state index is 0.420. The standard InChI is InChI=1S/C8H6F4N2O3S/c9-4-1-2-6(18(13,16)17)5(3-4)14-7(15)8(10,11)12/h1-3H,(H,14,15)(H2,13,16,17). The number of halogens is 4. The molecule has 0 radical (unpaired) electrons. The smallest absolute Gasteiger partial charge is 0.317 e. The highest BCUT2D eigenvalue weighted by Crippen LogP contribution is 2.24. The SMILES string of the molecule is NS(=O)(=O)c1ccc(F)cc1NC(=O)C(F)(F)F. The maximum absolute atomic E-state index is 12.8. The van der Waals surface area contributed by atoms with Crippen LogP contribution in [0.2, 0.25) is 0 Å². The lowest BCUT2D eigenvalue weighted by molar-refractivity contribution is -0.167. The number of nitrogens with one attached hydrogen (secondary N) is 1. The van der Waals surface area contributed by atoms with Crippen LogP contribution in [-0.4, -0.2) is 20.5 Å². The molecule has 1 amide bonds. The number of hydrogen-bond acceptors (Lipinski definition) is 3. The zero-order chi connectivity index (χ0) is 14.1. The maximum Gasteiger partial charge on any atom is 0.471 e. The van der Waals surface area contributed by atoms with Crippen LogP contribution in [0.25, 0.3) is 0 Å². The summed E-state index contributed by atoms with van der Waals surface area (Å²) in [6.45, 7) is 0. The number of nitrogens with two attached hydrogens (primary N) is 1. The number of alkyl halides is 3. The molecule has 3 N–H and O–H groups in total. The first-order valence-electron chi connectivity index (χ1n) is 4.22. The highest BCUT2D eigenvalue weighted by atomic mass is 32.2. The molecule has 1 aromatic carbocycles. The van der Waals surface area contributed by atoms with E-state index in [9.17, 15) is 30.8 Å². The quantitative estimate of drug-likeness (QED) is 0.794. The van der Waals surface area contributed by atoms with Crippen LogP contribution in [0.15, 0.2) is 23.1 Å². The van der Waals surface area contributed by atoms with Gasteiger partial charge in [-0.25, -0.2) is 17.9 Å². The second kappa shape index (κ2) is 4.53. The highest BCUT2D eigenvalue weighted by molar-refractivity contribution is 7.89. The first-order valence-corrected chi connectivity index (χ1v) is 5.77. The van der Waals surface area contributed by atoms with Gasteiger partial charge in [0.05, 0.1) is 5.69 Å². The lowest BCUT2D eigenvalue weighted by Gasteiger charge is -2.11. The van der Waals surface area contributed by atoms with Crippen molar-refractivity contribution in [3.8, 4) is 0 Å². The molecule has 18 heavy (non-hydrogen) atoms. The molecule has 1 rings (SSSR count). The second-order valence-corrected chi connectivity index (χ2v) is 4.67. The number of carbonyl (C=O) groups excluding carboxylic acids is 1. The van der Waals surface area contributed by atoms with Crippen molar-refractivity contribution >= 4 is 21.6 Å². The van der Waals surface area contributed by atoms with Gasteiger partial charge in [-0.15, -0.1) is 0 Å². The molecular formula is C8H6F4N2O3S. The van der Waals surface area contributed by atoms with Gasteiger partial charge in [-0.1, -0.05) is 0 Å². The molecule has 5 nitrogen and oxygen atoms in total. The van der Waals surface area contributed by atoms with Crippen molar-refractivity contribution in [1.82, 2.24) is 0 Å². The normalized spacial score (nSPS) is 12.3. The summed E-state index contributed by atoms with van der Waals surface area (Å²) in [7, 11) is -4.39. The Kier molecular flexibility index (Phi) is 3.62. The molecule has 0 saturated carbocycles. The molecule has 0 aromatic heterocycles. The van der Waals surface area contributed by atoms with Crippen LogP contribution in [-0.2, 0) is 14.8 Å². The molecule has 1 aromatic rings. The fourth-order valence-electron chi connectivity index (χ4n) is 1.04. The molecule has 0 heterocycles. The maximum atomic E-state index is 12.8. The minimum atomic E-state index is -5.23. The van der Waals surface area contributed by atoms with Crippen molar-refractivity contribution in [2.24, 2.45) is 5.14 Å². The summed E-state index contributed by atoms with van der Waals surface area (Å²) in [5.41, 5.74) is -0.875. The Hall–Kier alpha value is -1.68. The summed E-state index contributed by atoms with van der Waals surface area (Å²) < 4.78 is 70.8. The topological polar surface area (TPSA) is 89.3 Å². The monoisotopic (exact) mass is 286 g/mol. The summed E-state index contributed by atoms with van der Waals surface area (Å²) in [5.74, 6) is -3.46. The third-order valence-corrected chi connectivity index (χ3v) is 2.72. The zero-order valence-corrected chi connectivity index (χ0v) is 9.27. The van der Waals surface area contributed by atoms with E-state index in [1.54, 1.807) is 0 Å². The number of primary sulfonamides is 1. The Balaban J connectivity index is 3.24. The largest absolute Gasteiger partial charge is 0.471 e. The van der Waals surface area contributed by atoms with Crippen LogP contribution in [0.1, 0.15) is 0 Å². The number of sulfonamides is 1. The second-order valence-electron chi connectivity index (χ2n) is 3.14. The van der Waals surface area contributed by atoms with E-state index in [-0.39, 0.29) is 0 Å². The third kappa shape index (κ3) is 3.40. The van der Waals surface area contributed by atoms with Gasteiger partial charge < -0.3 is 5.32 Å². The molecule has 0 aliphatic heterocycles. The number of carbonyl (C=O) groups is 1. The van der Waals surface area contributed by atoms with E-state index in [2.05, 4.69) is 0 Å². The van der Waals surface area contributed by atoms with E-state index in [1.807, 2.05) is 0 Å². The lowest BCUT2D eigenvalue weighted by atomic mass is 10.3. The fourth-order valence-corrected chi connectivity index (χ4v) is 1.72. The average molecular weight is 286 g/mol. The van der Waals surface area contributed by atoms with Gasteiger partial charge in [-0.2, -0.15) is 13.2 Å². The molecule has 0 aliphatic rings.